The van der Waals surface area contributed by atoms with E-state index in [0.717, 1.165) is 68.4 Å². The van der Waals surface area contributed by atoms with Gasteiger partial charge in [-0.3, -0.25) is 0 Å². The van der Waals surface area contributed by atoms with Gasteiger partial charge in [0.1, 0.15) is 5.84 Å². The fourth-order valence-corrected chi connectivity index (χ4v) is 3.33. The summed E-state index contributed by atoms with van der Waals surface area (Å²) < 4.78 is 0. The number of nitrogens with zero attached hydrogens (tertiary/aromatic N) is 3. The second kappa shape index (κ2) is 6.37. The molecule has 2 aliphatic heterocycles. The van der Waals surface area contributed by atoms with Crippen molar-refractivity contribution in [3.63, 3.8) is 0 Å². The lowest BCUT2D eigenvalue weighted by atomic mass is 9.96. The molecule has 0 amide bonds. The van der Waals surface area contributed by atoms with Crippen molar-refractivity contribution in [3.05, 3.63) is 34.0 Å². The normalized spacial score (nSPS) is 28.1. The number of piperazine rings is 1. The summed E-state index contributed by atoms with van der Waals surface area (Å²) in [6, 6.07) is 0. The molecule has 3 nitrogen and oxygen atoms in total. The van der Waals surface area contributed by atoms with E-state index in [4.69, 9.17) is 16.6 Å². The Morgan fingerprint density at radius 2 is 1.76 bits per heavy atom. The minimum atomic E-state index is 0.866. The first kappa shape index (κ1) is 14.9. The summed E-state index contributed by atoms with van der Waals surface area (Å²) in [7, 11) is 2.17. The van der Waals surface area contributed by atoms with Gasteiger partial charge in [0.05, 0.1) is 10.7 Å². The van der Waals surface area contributed by atoms with Crippen LogP contribution in [0.15, 0.2) is 39.0 Å². The molecule has 3 aliphatic rings. The molecule has 0 spiro atoms. The van der Waals surface area contributed by atoms with E-state index < -0.39 is 0 Å². The standard InChI is InChI=1S/C17H24ClN3/c1-13-7-8-14-5-3-4-6-15(14)19-17(16(13)18)21-11-9-20(2)10-12-21/h5-6H,3-4,7-12H2,1-2H3/b16-13-,19-17?. The van der Waals surface area contributed by atoms with Crippen LogP contribution in [-0.4, -0.2) is 48.9 Å². The zero-order chi connectivity index (χ0) is 14.8. The average molecular weight is 306 g/mol. The molecule has 114 valence electrons. The van der Waals surface area contributed by atoms with Gasteiger partial charge in [0.15, 0.2) is 0 Å². The third-order valence-electron chi connectivity index (χ3n) is 4.59. The lowest BCUT2D eigenvalue weighted by Gasteiger charge is -2.35. The summed E-state index contributed by atoms with van der Waals surface area (Å²) in [4.78, 5) is 9.67. The number of amidine groups is 1. The van der Waals surface area contributed by atoms with Crippen LogP contribution in [0.5, 0.6) is 0 Å². The molecule has 3 rings (SSSR count). The van der Waals surface area contributed by atoms with Gasteiger partial charge >= 0.3 is 0 Å². The number of likely N-dealkylation sites (N-methyl/N-ethyl adjacent to an activating group) is 1. The molecule has 0 unspecified atom stereocenters. The first-order valence-electron chi connectivity index (χ1n) is 7.92. The molecular formula is C17H24ClN3. The SMILES string of the molecule is C/C1=C(/Cl)C(N2CCN(C)CC2)=NC2=CCCC=C2CC1. The van der Waals surface area contributed by atoms with Gasteiger partial charge in [0.2, 0.25) is 0 Å². The fraction of sp³-hybridized carbons (Fsp3) is 0.588. The molecule has 2 heterocycles. The van der Waals surface area contributed by atoms with Crippen LogP contribution >= 0.6 is 11.6 Å². The van der Waals surface area contributed by atoms with Crippen LogP contribution in [-0.2, 0) is 0 Å². The summed E-state index contributed by atoms with van der Waals surface area (Å²) in [6.45, 7) is 6.30. The first-order valence-corrected chi connectivity index (χ1v) is 8.30. The van der Waals surface area contributed by atoms with Crippen LogP contribution in [0.2, 0.25) is 0 Å². The van der Waals surface area contributed by atoms with Gasteiger partial charge in [0, 0.05) is 26.2 Å². The smallest absolute Gasteiger partial charge is 0.148 e. The van der Waals surface area contributed by atoms with E-state index >= 15 is 0 Å². The van der Waals surface area contributed by atoms with Crippen molar-refractivity contribution in [2.24, 2.45) is 4.99 Å². The monoisotopic (exact) mass is 305 g/mol. The number of halogens is 1. The molecule has 21 heavy (non-hydrogen) atoms. The van der Waals surface area contributed by atoms with Gasteiger partial charge in [-0.25, -0.2) is 4.99 Å². The van der Waals surface area contributed by atoms with Gasteiger partial charge in [-0.2, -0.15) is 0 Å². The van der Waals surface area contributed by atoms with Crippen molar-refractivity contribution in [3.8, 4) is 0 Å². The molecule has 0 aromatic carbocycles. The maximum Gasteiger partial charge on any atom is 0.148 e. The maximum atomic E-state index is 6.66. The predicted octanol–water partition coefficient (Wildman–Crippen LogP) is 3.54. The third kappa shape index (κ3) is 3.24. The van der Waals surface area contributed by atoms with Crippen LogP contribution in [0.1, 0.15) is 32.6 Å². The molecule has 0 bridgehead atoms. The van der Waals surface area contributed by atoms with Crippen molar-refractivity contribution < 1.29 is 0 Å². The van der Waals surface area contributed by atoms with Crippen LogP contribution in [0.4, 0.5) is 0 Å². The summed E-state index contributed by atoms with van der Waals surface area (Å²) in [5.74, 6) is 0.987. The lowest BCUT2D eigenvalue weighted by Crippen LogP contribution is -2.47. The summed E-state index contributed by atoms with van der Waals surface area (Å²) in [5.41, 5.74) is 3.82. The van der Waals surface area contributed by atoms with Gasteiger partial charge < -0.3 is 9.80 Å². The molecule has 0 aromatic heterocycles. The Morgan fingerprint density at radius 1 is 1.05 bits per heavy atom. The molecule has 1 aliphatic carbocycles. The lowest BCUT2D eigenvalue weighted by molar-refractivity contribution is 0.215. The van der Waals surface area contributed by atoms with Crippen LogP contribution in [0, 0.1) is 0 Å². The number of hydrogen-bond donors (Lipinski definition) is 0. The van der Waals surface area contributed by atoms with Crippen molar-refractivity contribution in [2.75, 3.05) is 33.2 Å². The Labute approximate surface area is 132 Å². The molecular weight excluding hydrogens is 282 g/mol. The highest BCUT2D eigenvalue weighted by Crippen LogP contribution is 2.31. The Balaban J connectivity index is 1.94. The second-order valence-electron chi connectivity index (χ2n) is 6.22. The van der Waals surface area contributed by atoms with E-state index in [-0.39, 0.29) is 0 Å². The number of hydrogen-bond acceptors (Lipinski definition) is 3. The maximum absolute atomic E-state index is 6.66. The minimum absolute atomic E-state index is 0.866. The highest BCUT2D eigenvalue weighted by atomic mass is 35.5. The van der Waals surface area contributed by atoms with Gasteiger partial charge in [-0.15, -0.1) is 0 Å². The van der Waals surface area contributed by atoms with Crippen LogP contribution < -0.4 is 0 Å². The van der Waals surface area contributed by atoms with E-state index in [1.807, 2.05) is 0 Å². The summed E-state index contributed by atoms with van der Waals surface area (Å²) >= 11 is 6.66. The molecule has 0 N–H and O–H groups in total. The summed E-state index contributed by atoms with van der Waals surface area (Å²) in [6.07, 6.45) is 8.97. The molecule has 4 heteroatoms. The van der Waals surface area contributed by atoms with E-state index in [1.54, 1.807) is 0 Å². The van der Waals surface area contributed by atoms with E-state index in [9.17, 15) is 0 Å². The first-order chi connectivity index (χ1) is 10.1. The quantitative estimate of drug-likeness (QED) is 0.681. The van der Waals surface area contributed by atoms with Crippen molar-refractivity contribution >= 4 is 17.4 Å². The Bertz CT molecular complexity index is 534. The van der Waals surface area contributed by atoms with Crippen LogP contribution in [0.3, 0.4) is 0 Å². The van der Waals surface area contributed by atoms with Crippen molar-refractivity contribution in [1.29, 1.82) is 0 Å². The average Bonchev–Trinajstić information content (AvgIpc) is 2.50. The molecule has 1 saturated heterocycles. The minimum Gasteiger partial charge on any atom is -0.353 e. The van der Waals surface area contributed by atoms with Crippen molar-refractivity contribution in [1.82, 2.24) is 9.80 Å². The third-order valence-corrected chi connectivity index (χ3v) is 5.09. The highest BCUT2D eigenvalue weighted by Gasteiger charge is 2.24. The Morgan fingerprint density at radius 3 is 2.52 bits per heavy atom. The van der Waals surface area contributed by atoms with Gasteiger partial charge in [-0.05, 0) is 45.2 Å². The summed E-state index contributed by atoms with van der Waals surface area (Å²) in [5, 5.41) is 0.866. The molecule has 1 fully saturated rings. The Hall–Kier alpha value is -1.06. The van der Waals surface area contributed by atoms with Gasteiger partial charge in [0.25, 0.3) is 0 Å². The fourth-order valence-electron chi connectivity index (χ4n) is 3.07. The van der Waals surface area contributed by atoms with Gasteiger partial charge in [-0.1, -0.05) is 29.3 Å². The topological polar surface area (TPSA) is 18.8 Å². The Kier molecular flexibility index (Phi) is 4.51. The largest absolute Gasteiger partial charge is 0.353 e. The van der Waals surface area contributed by atoms with E-state index in [1.165, 1.54) is 11.1 Å². The van der Waals surface area contributed by atoms with E-state index in [0.29, 0.717) is 0 Å². The number of fused-ring (bicyclic) bond motifs is 1. The number of rotatable bonds is 0. The highest BCUT2D eigenvalue weighted by molar-refractivity contribution is 6.43. The molecule has 0 atom stereocenters. The number of allylic oxidation sites excluding steroid dienone is 4. The molecule has 0 saturated carbocycles. The molecule has 0 aromatic rings. The second-order valence-corrected chi connectivity index (χ2v) is 6.59. The zero-order valence-electron chi connectivity index (χ0n) is 13.0. The van der Waals surface area contributed by atoms with Crippen LogP contribution in [0.25, 0.3) is 0 Å². The molecule has 0 radical (unpaired) electrons. The zero-order valence-corrected chi connectivity index (χ0v) is 13.8. The predicted molar refractivity (Wildman–Crippen MR) is 89.7 cm³/mol. The number of aliphatic imine (C=N–C) groups is 1. The van der Waals surface area contributed by atoms with Crippen molar-refractivity contribution in [2.45, 2.75) is 32.6 Å². The van der Waals surface area contributed by atoms with E-state index in [2.05, 4.69) is 35.9 Å².